The molecule has 2 atom stereocenters. The van der Waals surface area contributed by atoms with Gasteiger partial charge in [0.05, 0.1) is 0 Å². The Labute approximate surface area is 192 Å². The van der Waals surface area contributed by atoms with E-state index >= 15 is 0 Å². The van der Waals surface area contributed by atoms with Gasteiger partial charge in [-0.25, -0.2) is 0 Å². The first kappa shape index (κ1) is 23.0. The minimum absolute atomic E-state index is 0.223. The maximum absolute atomic E-state index is 13.1. The van der Waals surface area contributed by atoms with Crippen molar-refractivity contribution >= 4 is 30.3 Å². The van der Waals surface area contributed by atoms with Gasteiger partial charge in [-0.3, -0.25) is 0 Å². The predicted octanol–water partition coefficient (Wildman–Crippen LogP) is 6.20. The summed E-state index contributed by atoms with van der Waals surface area (Å²) in [7, 11) is 0. The number of hydrogen-bond acceptors (Lipinski definition) is 4. The van der Waals surface area contributed by atoms with Gasteiger partial charge < -0.3 is 0 Å². The fraction of sp³-hybridized carbons (Fsp3) is 0.308. The van der Waals surface area contributed by atoms with Crippen molar-refractivity contribution in [2.24, 2.45) is 0 Å². The van der Waals surface area contributed by atoms with Crippen LogP contribution < -0.4 is 0 Å². The van der Waals surface area contributed by atoms with Crippen LogP contribution in [0.5, 0.6) is 0 Å². The minimum atomic E-state index is -5.02. The topological polar surface area (TPSA) is 52.6 Å². The van der Waals surface area contributed by atoms with Crippen molar-refractivity contribution in [2.45, 2.75) is 48.2 Å². The number of carbonyl (C=O) groups excluding carboxylic acids is 2. The first-order valence-corrected chi connectivity index (χ1v) is 19.2. The summed E-state index contributed by atoms with van der Waals surface area (Å²) < 4.78 is 13.0. The summed E-state index contributed by atoms with van der Waals surface area (Å²) in [4.78, 5) is 26.3. The average molecular weight is 482 g/mol. The zero-order valence-electron chi connectivity index (χ0n) is 19.1. The monoisotopic (exact) mass is 482 g/mol. The SMILES string of the molecule is CCC(=O)[O][Ti]([O]C(=O)CC)([CH]1C=Cc2ccccc21)([CH]1C=Cc2ccccc21)=[Si](C)C. The molecule has 32 heavy (non-hydrogen) atoms. The molecular formula is C26H30O4SiTi. The second-order valence-corrected chi connectivity index (χ2v) is 25.9. The summed E-state index contributed by atoms with van der Waals surface area (Å²) in [5.41, 5.74) is 4.40. The fourth-order valence-electron chi connectivity index (χ4n) is 5.36. The molecule has 4 rings (SSSR count). The van der Waals surface area contributed by atoms with E-state index in [2.05, 4.69) is 61.7 Å². The molecule has 0 spiro atoms. The number of carbonyl (C=O) groups is 2. The van der Waals surface area contributed by atoms with E-state index in [-0.39, 0.29) is 33.2 Å². The molecule has 166 valence electrons. The third kappa shape index (κ3) is 3.30. The van der Waals surface area contributed by atoms with Crippen LogP contribution in [0.1, 0.15) is 57.4 Å². The Kier molecular flexibility index (Phi) is 6.19. The number of rotatable bonds is 6. The Hall–Kier alpha value is -2.21. The van der Waals surface area contributed by atoms with E-state index in [0.29, 0.717) is 0 Å². The van der Waals surface area contributed by atoms with Crippen LogP contribution in [-0.4, -0.2) is 18.1 Å². The normalized spacial score (nSPS) is 18.8. The average Bonchev–Trinajstić information content (AvgIpc) is 3.43. The molecule has 2 aliphatic rings. The molecule has 0 aliphatic heterocycles. The van der Waals surface area contributed by atoms with Crippen molar-refractivity contribution in [2.75, 3.05) is 0 Å². The van der Waals surface area contributed by atoms with Crippen LogP contribution in [0.25, 0.3) is 12.2 Å². The van der Waals surface area contributed by atoms with Gasteiger partial charge >= 0.3 is 192 Å². The van der Waals surface area contributed by atoms with E-state index in [1.165, 1.54) is 0 Å². The molecule has 0 N–H and O–H groups in total. The first-order valence-electron chi connectivity index (χ1n) is 11.3. The van der Waals surface area contributed by atoms with Crippen LogP contribution in [-0.2, 0) is 31.0 Å². The Bertz CT molecular complexity index is 1130. The molecule has 2 aromatic carbocycles. The van der Waals surface area contributed by atoms with Gasteiger partial charge in [-0.05, 0) is 0 Å². The Morgan fingerprint density at radius 1 is 0.781 bits per heavy atom. The Morgan fingerprint density at radius 2 is 1.19 bits per heavy atom. The van der Waals surface area contributed by atoms with Crippen LogP contribution in [0, 0.1) is 0 Å². The molecule has 0 saturated heterocycles. The molecule has 2 aliphatic carbocycles. The summed E-state index contributed by atoms with van der Waals surface area (Å²) in [6.07, 6.45) is 7.51. The molecule has 4 nitrogen and oxygen atoms in total. The molecule has 0 amide bonds. The number of fused-ring (bicyclic) bond motifs is 2. The summed E-state index contributed by atoms with van der Waals surface area (Å²) in [5, 5.41) is 0. The van der Waals surface area contributed by atoms with Crippen LogP contribution in [0.3, 0.4) is 0 Å². The number of allylic oxidation sites excluding steroid dienone is 2. The van der Waals surface area contributed by atoms with E-state index in [4.69, 9.17) is 6.64 Å². The van der Waals surface area contributed by atoms with Crippen LogP contribution in [0.4, 0.5) is 0 Å². The molecular weight excluding hydrogens is 452 g/mol. The van der Waals surface area contributed by atoms with Crippen molar-refractivity contribution < 1.29 is 31.0 Å². The molecule has 0 bridgehead atoms. The van der Waals surface area contributed by atoms with Gasteiger partial charge in [0.2, 0.25) is 0 Å². The van der Waals surface area contributed by atoms with Gasteiger partial charge in [-0.1, -0.05) is 0 Å². The van der Waals surface area contributed by atoms with E-state index in [0.717, 1.165) is 22.3 Å². The maximum atomic E-state index is 13.1. The second-order valence-electron chi connectivity index (χ2n) is 8.80. The molecule has 2 unspecified atom stereocenters. The molecule has 0 fully saturated rings. The predicted molar refractivity (Wildman–Crippen MR) is 127 cm³/mol. The van der Waals surface area contributed by atoms with Gasteiger partial charge in [0, 0.05) is 0 Å². The van der Waals surface area contributed by atoms with E-state index in [1.807, 2.05) is 24.3 Å². The van der Waals surface area contributed by atoms with Crippen LogP contribution in [0.2, 0.25) is 13.1 Å². The van der Waals surface area contributed by atoms with Crippen molar-refractivity contribution in [1.82, 2.24) is 0 Å². The Balaban J connectivity index is 2.13. The molecule has 0 heterocycles. The summed E-state index contributed by atoms with van der Waals surface area (Å²) in [6.45, 7) is 7.94. The summed E-state index contributed by atoms with van der Waals surface area (Å²) in [5.74, 6) is -0.569. The molecule has 0 aromatic heterocycles. The standard InChI is InChI=1S/2C9H7.2C3H6O2.C2H6Si.Ti/c2*1-2-5-9-7-3-6-8(9)4-1;2*1-2-3(4)5;1-3-2;/h2*1-7H;2*2H2,1H3,(H,4,5);1-2H3;/q;;;;;+2/p-2. The van der Waals surface area contributed by atoms with Crippen molar-refractivity contribution in [3.8, 4) is 0 Å². The quantitative estimate of drug-likeness (QED) is 0.460. The third-order valence-corrected chi connectivity index (χ3v) is 28.9. The van der Waals surface area contributed by atoms with Gasteiger partial charge in [0.15, 0.2) is 0 Å². The van der Waals surface area contributed by atoms with Crippen molar-refractivity contribution in [1.29, 1.82) is 0 Å². The molecule has 2 aromatic rings. The fourth-order valence-corrected chi connectivity index (χ4v) is 25.2. The van der Waals surface area contributed by atoms with Gasteiger partial charge in [-0.15, -0.1) is 0 Å². The van der Waals surface area contributed by atoms with E-state index in [1.54, 1.807) is 13.8 Å². The summed E-state index contributed by atoms with van der Waals surface area (Å²) in [6, 6.07) is 16.4. The van der Waals surface area contributed by atoms with Crippen LogP contribution in [0.15, 0.2) is 60.7 Å². The van der Waals surface area contributed by atoms with Crippen LogP contribution >= 0.6 is 0 Å². The zero-order valence-corrected chi connectivity index (χ0v) is 21.7. The summed E-state index contributed by atoms with van der Waals surface area (Å²) >= 11 is -5.02. The molecule has 6 heteroatoms. The zero-order chi connectivity index (χ0) is 23.0. The van der Waals surface area contributed by atoms with Crippen molar-refractivity contribution in [3.05, 3.63) is 82.9 Å². The molecule has 0 radical (unpaired) electrons. The number of benzene rings is 2. The van der Waals surface area contributed by atoms with Gasteiger partial charge in [0.1, 0.15) is 0 Å². The second kappa shape index (κ2) is 8.62. The van der Waals surface area contributed by atoms with Gasteiger partial charge in [-0.2, -0.15) is 0 Å². The Morgan fingerprint density at radius 3 is 1.56 bits per heavy atom. The first-order chi connectivity index (χ1) is 15.4. The van der Waals surface area contributed by atoms with Crippen molar-refractivity contribution in [3.63, 3.8) is 0 Å². The van der Waals surface area contributed by atoms with E-state index < -0.39 is 21.0 Å². The van der Waals surface area contributed by atoms with Gasteiger partial charge in [0.25, 0.3) is 0 Å². The third-order valence-electron chi connectivity index (χ3n) is 6.99. The number of hydrogen-bond donors (Lipinski definition) is 0. The molecule has 0 saturated carbocycles. The van der Waals surface area contributed by atoms with E-state index in [9.17, 15) is 9.59 Å².